The molecule has 0 aliphatic heterocycles. The van der Waals surface area contributed by atoms with Crippen molar-refractivity contribution in [1.82, 2.24) is 4.98 Å². The van der Waals surface area contributed by atoms with Gasteiger partial charge in [-0.25, -0.2) is 4.98 Å². The number of hydrogen-bond acceptors (Lipinski definition) is 2. The van der Waals surface area contributed by atoms with Gasteiger partial charge in [-0.2, -0.15) is 13.2 Å². The van der Waals surface area contributed by atoms with Crippen molar-refractivity contribution in [2.75, 3.05) is 5.73 Å². The van der Waals surface area contributed by atoms with Gasteiger partial charge in [0.2, 0.25) is 0 Å². The molecule has 2 nitrogen and oxygen atoms in total. The Labute approximate surface area is 131 Å². The van der Waals surface area contributed by atoms with Crippen molar-refractivity contribution in [2.45, 2.75) is 6.18 Å². The molecule has 0 aliphatic carbocycles. The zero-order chi connectivity index (χ0) is 16.4. The number of rotatable bonds is 2. The van der Waals surface area contributed by atoms with Crippen LogP contribution in [0.1, 0.15) is 5.56 Å². The van der Waals surface area contributed by atoms with E-state index in [4.69, 9.17) is 5.73 Å². The van der Waals surface area contributed by atoms with Crippen LogP contribution in [-0.4, -0.2) is 4.98 Å². The molecule has 0 amide bonds. The summed E-state index contributed by atoms with van der Waals surface area (Å²) in [5.74, 6) is 0. The minimum Gasteiger partial charge on any atom is -0.399 e. The third kappa shape index (κ3) is 3.34. The van der Waals surface area contributed by atoms with Crippen molar-refractivity contribution in [1.29, 1.82) is 0 Å². The third-order valence-electron chi connectivity index (χ3n) is 3.44. The fraction of sp³-hybridized carbons (Fsp3) is 0.0556. The lowest BCUT2D eigenvalue weighted by Gasteiger charge is -2.09. The lowest BCUT2D eigenvalue weighted by molar-refractivity contribution is -0.137. The maximum Gasteiger partial charge on any atom is 0.416 e. The van der Waals surface area contributed by atoms with E-state index in [1.807, 2.05) is 18.2 Å². The van der Waals surface area contributed by atoms with Crippen molar-refractivity contribution < 1.29 is 13.2 Å². The maximum atomic E-state index is 12.8. The molecule has 3 aromatic rings. The number of nitrogens with two attached hydrogens (primary N) is 1. The Bertz CT molecular complexity index is 824. The Morgan fingerprint density at radius 1 is 0.739 bits per heavy atom. The third-order valence-corrected chi connectivity index (χ3v) is 3.44. The van der Waals surface area contributed by atoms with E-state index >= 15 is 0 Å². The van der Waals surface area contributed by atoms with Gasteiger partial charge in [0, 0.05) is 16.8 Å². The van der Waals surface area contributed by atoms with E-state index in [0.717, 1.165) is 17.7 Å². The molecule has 0 atom stereocenters. The highest BCUT2D eigenvalue weighted by Crippen LogP contribution is 2.32. The second-order valence-electron chi connectivity index (χ2n) is 5.11. The van der Waals surface area contributed by atoms with E-state index in [9.17, 15) is 13.2 Å². The molecular formula is C18H13F3N2. The molecule has 5 heteroatoms. The summed E-state index contributed by atoms with van der Waals surface area (Å²) in [4.78, 5) is 4.46. The van der Waals surface area contributed by atoms with Crippen LogP contribution >= 0.6 is 0 Å². The first kappa shape index (κ1) is 15.1. The Hall–Kier alpha value is -2.82. The van der Waals surface area contributed by atoms with Crippen LogP contribution in [0.2, 0.25) is 0 Å². The molecule has 0 saturated carbocycles. The molecule has 116 valence electrons. The summed E-state index contributed by atoms with van der Waals surface area (Å²) in [6.45, 7) is 0. The fourth-order valence-electron chi connectivity index (χ4n) is 2.26. The largest absolute Gasteiger partial charge is 0.416 e. The van der Waals surface area contributed by atoms with Crippen LogP contribution in [0.4, 0.5) is 18.9 Å². The van der Waals surface area contributed by atoms with Gasteiger partial charge >= 0.3 is 6.18 Å². The molecule has 0 bridgehead atoms. The summed E-state index contributed by atoms with van der Waals surface area (Å²) >= 11 is 0. The van der Waals surface area contributed by atoms with Gasteiger partial charge in [0.25, 0.3) is 0 Å². The predicted molar refractivity (Wildman–Crippen MR) is 84.5 cm³/mol. The normalized spacial score (nSPS) is 11.4. The van der Waals surface area contributed by atoms with Gasteiger partial charge in [0.15, 0.2) is 0 Å². The predicted octanol–water partition coefficient (Wildman–Crippen LogP) is 5.02. The van der Waals surface area contributed by atoms with Crippen molar-refractivity contribution in [3.63, 3.8) is 0 Å². The topological polar surface area (TPSA) is 38.9 Å². The smallest absolute Gasteiger partial charge is 0.399 e. The van der Waals surface area contributed by atoms with E-state index in [-0.39, 0.29) is 0 Å². The van der Waals surface area contributed by atoms with Gasteiger partial charge < -0.3 is 5.73 Å². The van der Waals surface area contributed by atoms with Crippen molar-refractivity contribution >= 4 is 5.69 Å². The standard InChI is InChI=1S/C18H13F3N2/c19-18(20,21)14-4-1-3-13(11-14)17-6-2-5-16(23-17)12-7-9-15(22)10-8-12/h1-11H,22H2. The number of alkyl halides is 3. The summed E-state index contributed by atoms with van der Waals surface area (Å²) in [5, 5.41) is 0. The first-order chi connectivity index (χ1) is 10.9. The first-order valence-corrected chi connectivity index (χ1v) is 6.94. The van der Waals surface area contributed by atoms with Crippen LogP contribution in [0.5, 0.6) is 0 Å². The molecule has 23 heavy (non-hydrogen) atoms. The average Bonchev–Trinajstić information content (AvgIpc) is 2.55. The number of benzene rings is 2. The van der Waals surface area contributed by atoms with E-state index in [1.54, 1.807) is 30.3 Å². The van der Waals surface area contributed by atoms with Crippen LogP contribution in [0.15, 0.2) is 66.7 Å². The Balaban J connectivity index is 2.02. The van der Waals surface area contributed by atoms with Crippen LogP contribution in [0.3, 0.4) is 0 Å². The number of nitrogen functional groups attached to an aromatic ring is 1. The molecule has 0 aliphatic rings. The molecule has 1 aromatic heterocycles. The van der Waals surface area contributed by atoms with Crippen LogP contribution < -0.4 is 5.73 Å². The Kier molecular flexibility index (Phi) is 3.78. The first-order valence-electron chi connectivity index (χ1n) is 6.94. The number of hydrogen-bond donors (Lipinski definition) is 1. The minimum absolute atomic E-state index is 0.428. The van der Waals surface area contributed by atoms with Crippen molar-refractivity contribution in [2.24, 2.45) is 0 Å². The molecule has 0 unspecified atom stereocenters. The summed E-state index contributed by atoms with van der Waals surface area (Å²) in [6, 6.07) is 17.6. The summed E-state index contributed by atoms with van der Waals surface area (Å²) in [6.07, 6.45) is -4.37. The van der Waals surface area contributed by atoms with Gasteiger partial charge in [0.1, 0.15) is 0 Å². The highest BCUT2D eigenvalue weighted by molar-refractivity contribution is 5.67. The maximum absolute atomic E-state index is 12.8. The number of aromatic nitrogens is 1. The molecule has 0 fully saturated rings. The molecule has 2 N–H and O–H groups in total. The highest BCUT2D eigenvalue weighted by Gasteiger charge is 2.30. The fourth-order valence-corrected chi connectivity index (χ4v) is 2.26. The monoisotopic (exact) mass is 314 g/mol. The van der Waals surface area contributed by atoms with Crippen molar-refractivity contribution in [3.05, 3.63) is 72.3 Å². The zero-order valence-corrected chi connectivity index (χ0v) is 12.0. The number of nitrogens with zero attached hydrogens (tertiary/aromatic N) is 1. The zero-order valence-electron chi connectivity index (χ0n) is 12.0. The SMILES string of the molecule is Nc1ccc(-c2cccc(-c3cccc(C(F)(F)F)c3)n2)cc1. The lowest BCUT2D eigenvalue weighted by atomic mass is 10.1. The molecule has 0 spiro atoms. The second-order valence-corrected chi connectivity index (χ2v) is 5.11. The molecule has 0 saturated heterocycles. The van der Waals surface area contributed by atoms with E-state index < -0.39 is 11.7 Å². The molecule has 3 rings (SSSR count). The van der Waals surface area contributed by atoms with Gasteiger partial charge in [0.05, 0.1) is 17.0 Å². The van der Waals surface area contributed by atoms with E-state index in [2.05, 4.69) is 4.98 Å². The minimum atomic E-state index is -4.37. The molecule has 1 heterocycles. The lowest BCUT2D eigenvalue weighted by Crippen LogP contribution is -2.04. The van der Waals surface area contributed by atoms with E-state index in [0.29, 0.717) is 22.6 Å². The van der Waals surface area contributed by atoms with Gasteiger partial charge in [-0.1, -0.05) is 30.3 Å². The Morgan fingerprint density at radius 3 is 2.00 bits per heavy atom. The van der Waals surface area contributed by atoms with E-state index in [1.165, 1.54) is 6.07 Å². The van der Waals surface area contributed by atoms with Crippen LogP contribution in [0.25, 0.3) is 22.5 Å². The summed E-state index contributed by atoms with van der Waals surface area (Å²) < 4.78 is 38.5. The van der Waals surface area contributed by atoms with Crippen LogP contribution in [0, 0.1) is 0 Å². The van der Waals surface area contributed by atoms with Gasteiger partial charge in [-0.3, -0.25) is 0 Å². The second kappa shape index (κ2) is 5.76. The molecular weight excluding hydrogens is 301 g/mol. The summed E-state index contributed by atoms with van der Waals surface area (Å²) in [7, 11) is 0. The van der Waals surface area contributed by atoms with Gasteiger partial charge in [-0.05, 0) is 36.4 Å². The van der Waals surface area contributed by atoms with Crippen LogP contribution in [-0.2, 0) is 6.18 Å². The number of pyridine rings is 1. The number of anilines is 1. The summed E-state index contributed by atoms with van der Waals surface area (Å²) in [5.41, 5.74) is 8.07. The quantitative estimate of drug-likeness (QED) is 0.675. The molecule has 2 aromatic carbocycles. The Morgan fingerprint density at radius 2 is 1.35 bits per heavy atom. The van der Waals surface area contributed by atoms with Gasteiger partial charge in [-0.15, -0.1) is 0 Å². The highest BCUT2D eigenvalue weighted by atomic mass is 19.4. The average molecular weight is 314 g/mol. The molecule has 0 radical (unpaired) electrons. The number of halogens is 3. The van der Waals surface area contributed by atoms with Crippen molar-refractivity contribution in [3.8, 4) is 22.5 Å².